The van der Waals surface area contributed by atoms with Crippen LogP contribution in [0.2, 0.25) is 0 Å². The smallest absolute Gasteiger partial charge is 0.294 e. The van der Waals surface area contributed by atoms with E-state index < -0.39 is 4.92 Å². The Bertz CT molecular complexity index is 1480. The van der Waals surface area contributed by atoms with E-state index in [4.69, 9.17) is 0 Å². The van der Waals surface area contributed by atoms with E-state index in [-0.39, 0.29) is 28.0 Å². The first-order valence-electron chi connectivity index (χ1n) is 9.13. The van der Waals surface area contributed by atoms with E-state index in [1.807, 2.05) is 30.3 Å². The summed E-state index contributed by atoms with van der Waals surface area (Å²) >= 11 is 0. The highest BCUT2D eigenvalue weighted by atomic mass is 16.6. The van der Waals surface area contributed by atoms with Gasteiger partial charge in [-0.1, -0.05) is 36.4 Å². The molecule has 30 heavy (non-hydrogen) atoms. The van der Waals surface area contributed by atoms with Crippen molar-refractivity contribution in [1.29, 1.82) is 0 Å². The molecule has 0 spiro atoms. The van der Waals surface area contributed by atoms with E-state index >= 15 is 0 Å². The summed E-state index contributed by atoms with van der Waals surface area (Å²) in [6, 6.07) is 15.8. The fourth-order valence-electron chi connectivity index (χ4n) is 3.51. The van der Waals surface area contributed by atoms with Gasteiger partial charge in [-0.15, -0.1) is 0 Å². The maximum Gasteiger partial charge on any atom is 0.294 e. The number of nitrogens with zero attached hydrogens (tertiary/aromatic N) is 6. The Morgan fingerprint density at radius 1 is 1.00 bits per heavy atom. The molecule has 0 N–H and O–H groups in total. The minimum absolute atomic E-state index is 0.115. The molecule has 0 saturated heterocycles. The van der Waals surface area contributed by atoms with Crippen LogP contribution >= 0.6 is 0 Å². The molecule has 0 fully saturated rings. The second-order valence-corrected chi connectivity index (χ2v) is 6.71. The summed E-state index contributed by atoms with van der Waals surface area (Å²) in [4.78, 5) is 32.7. The molecule has 0 amide bonds. The molecule has 3 aromatic heterocycles. The van der Waals surface area contributed by atoms with Crippen LogP contribution in [0.25, 0.3) is 27.6 Å². The van der Waals surface area contributed by atoms with Gasteiger partial charge in [-0.3, -0.25) is 24.5 Å². The summed E-state index contributed by atoms with van der Waals surface area (Å²) in [6.45, 7) is 0.298. The first kappa shape index (κ1) is 17.7. The maximum absolute atomic E-state index is 13.0. The summed E-state index contributed by atoms with van der Waals surface area (Å²) in [6.07, 6.45) is 4.53. The predicted octanol–water partition coefficient (Wildman–Crippen LogP) is 3.09. The number of nitro benzene ring substituents is 1. The summed E-state index contributed by atoms with van der Waals surface area (Å²) in [5.41, 5.74) is 1.83. The highest BCUT2D eigenvalue weighted by Gasteiger charge is 2.19. The molecule has 9 heteroatoms. The standard InChI is InChI=1S/C21H14N6O3/c28-21-16-11-24-26(17-8-1-2-9-18(17)27(29)30)20(16)23-13-25(21)12-15-6-3-5-14-7-4-10-22-19(14)15/h1-11,13H,12H2. The van der Waals surface area contributed by atoms with Gasteiger partial charge in [0.05, 0.1) is 23.2 Å². The molecule has 0 unspecified atom stereocenters. The lowest BCUT2D eigenvalue weighted by Crippen LogP contribution is -2.21. The predicted molar refractivity (Wildman–Crippen MR) is 111 cm³/mol. The third-order valence-corrected chi connectivity index (χ3v) is 4.92. The fourth-order valence-corrected chi connectivity index (χ4v) is 3.51. The van der Waals surface area contributed by atoms with Gasteiger partial charge in [0.25, 0.3) is 11.2 Å². The number of para-hydroxylation sites is 3. The van der Waals surface area contributed by atoms with Gasteiger partial charge in [-0.25, -0.2) is 9.67 Å². The molecule has 3 heterocycles. The number of hydrogen-bond donors (Lipinski definition) is 0. The van der Waals surface area contributed by atoms with Gasteiger partial charge in [0.1, 0.15) is 17.4 Å². The van der Waals surface area contributed by atoms with Crippen LogP contribution < -0.4 is 5.56 Å². The maximum atomic E-state index is 13.0. The lowest BCUT2D eigenvalue weighted by molar-refractivity contribution is -0.384. The molecule has 5 aromatic rings. The SMILES string of the molecule is O=c1c2cnn(-c3ccccc3[N+](=O)[O-])c2ncn1Cc1cccc2cccnc12. The first-order valence-corrected chi connectivity index (χ1v) is 9.13. The average Bonchev–Trinajstić information content (AvgIpc) is 3.20. The Morgan fingerprint density at radius 2 is 1.83 bits per heavy atom. The normalized spacial score (nSPS) is 11.2. The number of benzene rings is 2. The zero-order valence-corrected chi connectivity index (χ0v) is 15.5. The van der Waals surface area contributed by atoms with Gasteiger partial charge in [0, 0.05) is 17.6 Å². The van der Waals surface area contributed by atoms with Gasteiger partial charge in [0.15, 0.2) is 5.65 Å². The lowest BCUT2D eigenvalue weighted by atomic mass is 10.1. The van der Waals surface area contributed by atoms with Crippen molar-refractivity contribution in [3.05, 3.63) is 99.3 Å². The summed E-state index contributed by atoms with van der Waals surface area (Å²) < 4.78 is 2.80. The second kappa shape index (κ2) is 6.89. The van der Waals surface area contributed by atoms with Gasteiger partial charge < -0.3 is 0 Å². The van der Waals surface area contributed by atoms with Gasteiger partial charge in [0.2, 0.25) is 0 Å². The number of rotatable bonds is 4. The van der Waals surface area contributed by atoms with Crippen molar-refractivity contribution in [3.8, 4) is 5.69 Å². The Morgan fingerprint density at radius 3 is 2.70 bits per heavy atom. The van der Waals surface area contributed by atoms with Crippen molar-refractivity contribution in [2.45, 2.75) is 6.54 Å². The van der Waals surface area contributed by atoms with Gasteiger partial charge in [-0.05, 0) is 17.7 Å². The van der Waals surface area contributed by atoms with Crippen LogP contribution in [-0.4, -0.2) is 29.2 Å². The molecule has 0 aliphatic rings. The summed E-state index contributed by atoms with van der Waals surface area (Å²) in [7, 11) is 0. The molecule has 0 saturated carbocycles. The number of hydrogen-bond acceptors (Lipinski definition) is 6. The van der Waals surface area contributed by atoms with Crippen LogP contribution in [0, 0.1) is 10.1 Å². The van der Waals surface area contributed by atoms with E-state index in [1.165, 1.54) is 27.8 Å². The van der Waals surface area contributed by atoms with Crippen LogP contribution in [-0.2, 0) is 6.54 Å². The van der Waals surface area contributed by atoms with Crippen LogP contribution in [0.5, 0.6) is 0 Å². The van der Waals surface area contributed by atoms with Crippen LogP contribution in [0.4, 0.5) is 5.69 Å². The van der Waals surface area contributed by atoms with Gasteiger partial charge in [-0.2, -0.15) is 5.10 Å². The van der Waals surface area contributed by atoms with Crippen molar-refractivity contribution in [2.75, 3.05) is 0 Å². The molecule has 0 atom stereocenters. The van der Waals surface area contributed by atoms with E-state index in [0.29, 0.717) is 6.54 Å². The molecule has 0 aliphatic heterocycles. The zero-order valence-electron chi connectivity index (χ0n) is 15.5. The van der Waals surface area contributed by atoms with Crippen LogP contribution in [0.15, 0.2) is 78.1 Å². The Hall–Kier alpha value is -4.40. The van der Waals surface area contributed by atoms with Crippen LogP contribution in [0.1, 0.15) is 5.56 Å². The minimum atomic E-state index is -0.489. The number of fused-ring (bicyclic) bond motifs is 2. The zero-order chi connectivity index (χ0) is 20.7. The molecule has 146 valence electrons. The Labute approximate surface area is 169 Å². The quantitative estimate of drug-likeness (QED) is 0.340. The van der Waals surface area contributed by atoms with Crippen molar-refractivity contribution in [3.63, 3.8) is 0 Å². The Kier molecular flexibility index (Phi) is 4.06. The molecule has 0 bridgehead atoms. The highest BCUT2D eigenvalue weighted by molar-refractivity contribution is 5.81. The largest absolute Gasteiger partial charge is 0.294 e. The molecular weight excluding hydrogens is 384 g/mol. The van der Waals surface area contributed by atoms with Crippen molar-refractivity contribution >= 4 is 27.6 Å². The third kappa shape index (κ3) is 2.80. The molecule has 0 radical (unpaired) electrons. The van der Waals surface area contributed by atoms with Crippen molar-refractivity contribution < 1.29 is 4.92 Å². The molecule has 2 aromatic carbocycles. The van der Waals surface area contributed by atoms with E-state index in [0.717, 1.165) is 16.5 Å². The van der Waals surface area contributed by atoms with E-state index in [1.54, 1.807) is 24.4 Å². The van der Waals surface area contributed by atoms with E-state index in [2.05, 4.69) is 15.1 Å². The van der Waals surface area contributed by atoms with Crippen molar-refractivity contribution in [2.24, 2.45) is 0 Å². The average molecular weight is 398 g/mol. The van der Waals surface area contributed by atoms with E-state index in [9.17, 15) is 14.9 Å². The monoisotopic (exact) mass is 398 g/mol. The first-order chi connectivity index (χ1) is 14.6. The second-order valence-electron chi connectivity index (χ2n) is 6.71. The molecular formula is C21H14N6O3. The molecule has 9 nitrogen and oxygen atoms in total. The summed E-state index contributed by atoms with van der Waals surface area (Å²) in [5.74, 6) is 0. The molecule has 5 rings (SSSR count). The topological polar surface area (TPSA) is 109 Å². The van der Waals surface area contributed by atoms with Crippen LogP contribution in [0.3, 0.4) is 0 Å². The summed E-state index contributed by atoms with van der Waals surface area (Å²) in [5, 5.41) is 16.8. The molecule has 0 aliphatic carbocycles. The van der Waals surface area contributed by atoms with Crippen molar-refractivity contribution in [1.82, 2.24) is 24.3 Å². The number of nitro groups is 1. The Balaban J connectivity index is 1.62. The number of pyridine rings is 1. The van der Waals surface area contributed by atoms with Gasteiger partial charge >= 0.3 is 0 Å². The number of aromatic nitrogens is 5. The highest BCUT2D eigenvalue weighted by Crippen LogP contribution is 2.24. The fraction of sp³-hybridized carbons (Fsp3) is 0.0476. The third-order valence-electron chi connectivity index (χ3n) is 4.92. The minimum Gasteiger partial charge on any atom is -0.294 e. The lowest BCUT2D eigenvalue weighted by Gasteiger charge is -2.09.